The Morgan fingerprint density at radius 2 is 1.72 bits per heavy atom. The molecule has 1 N–H and O–H groups in total. The smallest absolute Gasteiger partial charge is 0.207 e. The first-order valence-corrected chi connectivity index (χ1v) is 6.88. The van der Waals surface area contributed by atoms with Gasteiger partial charge in [-0.15, -0.1) is 0 Å². The highest BCUT2D eigenvalue weighted by atomic mass is 32.2. The quantitative estimate of drug-likeness (QED) is 0.900. The molecule has 4 heteroatoms. The molecular formula is C14H12O3S. The summed E-state index contributed by atoms with van der Waals surface area (Å²) in [6.07, 6.45) is -0.889. The summed E-state index contributed by atoms with van der Waals surface area (Å²) in [5, 5.41) is 10.2. The van der Waals surface area contributed by atoms with Gasteiger partial charge < -0.3 is 9.84 Å². The Hall–Kier alpha value is -1.65. The van der Waals surface area contributed by atoms with Gasteiger partial charge in [0.1, 0.15) is 22.7 Å². The summed E-state index contributed by atoms with van der Waals surface area (Å²) in [6, 6.07) is 16.3. The summed E-state index contributed by atoms with van der Waals surface area (Å²) in [5.41, 5.74) is -0.0199. The van der Waals surface area contributed by atoms with Crippen molar-refractivity contribution < 1.29 is 14.1 Å². The third-order valence-corrected chi connectivity index (χ3v) is 4.47. The van der Waals surface area contributed by atoms with Gasteiger partial charge in [0.15, 0.2) is 0 Å². The number of aliphatic hydroxyl groups excluding tert-OH is 1. The predicted molar refractivity (Wildman–Crippen MR) is 68.7 cm³/mol. The molecule has 2 aromatic rings. The van der Waals surface area contributed by atoms with Crippen molar-refractivity contribution in [3.8, 4) is 5.75 Å². The molecule has 0 saturated carbocycles. The maximum absolute atomic E-state index is 12.2. The van der Waals surface area contributed by atoms with Gasteiger partial charge in [-0.25, -0.2) is 0 Å². The topological polar surface area (TPSA) is 46.5 Å². The van der Waals surface area contributed by atoms with Crippen molar-refractivity contribution in [1.29, 1.82) is 0 Å². The molecule has 0 amide bonds. The minimum absolute atomic E-state index is 0.593. The zero-order chi connectivity index (χ0) is 12.5. The van der Waals surface area contributed by atoms with Gasteiger partial charge in [-0.2, -0.15) is 0 Å². The van der Waals surface area contributed by atoms with Crippen molar-refractivity contribution in [2.75, 3.05) is 0 Å². The molecule has 0 aliphatic carbocycles. The molecule has 3 nitrogen and oxygen atoms in total. The van der Waals surface area contributed by atoms with Crippen molar-refractivity contribution in [2.24, 2.45) is 0 Å². The van der Waals surface area contributed by atoms with Gasteiger partial charge in [-0.05, 0) is 17.7 Å². The van der Waals surface area contributed by atoms with Gasteiger partial charge in [-0.1, -0.05) is 42.5 Å². The Labute approximate surface area is 107 Å². The second kappa shape index (κ2) is 4.55. The van der Waals surface area contributed by atoms with Crippen LogP contribution in [0, 0.1) is 0 Å². The lowest BCUT2D eigenvalue weighted by Crippen LogP contribution is -2.25. The van der Waals surface area contributed by atoms with Crippen LogP contribution in [0.15, 0.2) is 59.5 Å². The maximum atomic E-state index is 12.2. The fourth-order valence-electron chi connectivity index (χ4n) is 2.00. The first kappa shape index (κ1) is 11.4. The van der Waals surface area contributed by atoms with Crippen LogP contribution in [-0.2, 0) is 10.8 Å². The molecule has 1 heterocycles. The van der Waals surface area contributed by atoms with E-state index in [2.05, 4.69) is 0 Å². The molecule has 0 radical (unpaired) electrons. The van der Waals surface area contributed by atoms with Gasteiger partial charge in [0, 0.05) is 0 Å². The summed E-state index contributed by atoms with van der Waals surface area (Å²) in [6.45, 7) is 0. The molecule has 1 aliphatic heterocycles. The highest BCUT2D eigenvalue weighted by molar-refractivity contribution is 7.86. The molecular weight excluding hydrogens is 248 g/mol. The van der Waals surface area contributed by atoms with Crippen LogP contribution >= 0.6 is 0 Å². The average molecular weight is 260 g/mol. The fraction of sp³-hybridized carbons (Fsp3) is 0.143. The van der Waals surface area contributed by atoms with E-state index in [0.29, 0.717) is 16.2 Å². The fourth-order valence-corrected chi connectivity index (χ4v) is 3.36. The monoisotopic (exact) mass is 260 g/mol. The molecule has 92 valence electrons. The molecule has 3 atom stereocenters. The lowest BCUT2D eigenvalue weighted by molar-refractivity contribution is 0.0885. The van der Waals surface area contributed by atoms with E-state index in [1.165, 1.54) is 0 Å². The van der Waals surface area contributed by atoms with Crippen molar-refractivity contribution >= 4 is 10.8 Å². The molecule has 3 rings (SSSR count). The van der Waals surface area contributed by atoms with Gasteiger partial charge in [0.2, 0.25) is 5.44 Å². The van der Waals surface area contributed by atoms with Crippen molar-refractivity contribution in [1.82, 2.24) is 0 Å². The van der Waals surface area contributed by atoms with Gasteiger partial charge >= 0.3 is 0 Å². The number of hydrogen-bond acceptors (Lipinski definition) is 3. The third kappa shape index (κ3) is 1.83. The molecule has 0 fully saturated rings. The van der Waals surface area contributed by atoms with Gasteiger partial charge in [0.05, 0.1) is 4.90 Å². The van der Waals surface area contributed by atoms with Crippen LogP contribution in [0.25, 0.3) is 0 Å². The number of aliphatic hydroxyl groups is 1. The number of ether oxygens (including phenoxy) is 1. The van der Waals surface area contributed by atoms with Crippen molar-refractivity contribution in [3.63, 3.8) is 0 Å². The number of benzene rings is 2. The van der Waals surface area contributed by atoms with E-state index in [1.54, 1.807) is 24.3 Å². The summed E-state index contributed by atoms with van der Waals surface area (Å²) in [7, 11) is -1.34. The summed E-state index contributed by atoms with van der Waals surface area (Å²) in [5.74, 6) is 0.593. The third-order valence-electron chi connectivity index (χ3n) is 2.92. The standard InChI is InChI=1S/C14H12O3S/c15-13(10-6-2-1-3-7-10)14-17-11-8-4-5-9-12(11)18(14)16/h1-9,13-15H/t13-,14+,18?/m0/s1. The first-order chi connectivity index (χ1) is 8.77. The second-order valence-corrected chi connectivity index (χ2v) is 5.59. The molecule has 18 heavy (non-hydrogen) atoms. The number of fused-ring (bicyclic) bond motifs is 1. The van der Waals surface area contributed by atoms with Crippen LogP contribution in [0.1, 0.15) is 11.7 Å². The van der Waals surface area contributed by atoms with Crippen LogP contribution in [0.4, 0.5) is 0 Å². The Bertz CT molecular complexity index is 583. The van der Waals surface area contributed by atoms with Crippen LogP contribution in [0.5, 0.6) is 5.75 Å². The minimum Gasteiger partial charge on any atom is -0.472 e. The van der Waals surface area contributed by atoms with E-state index >= 15 is 0 Å². The molecule has 0 bridgehead atoms. The van der Waals surface area contributed by atoms with Crippen LogP contribution in [-0.4, -0.2) is 14.8 Å². The first-order valence-electron chi connectivity index (χ1n) is 5.66. The van der Waals surface area contributed by atoms with E-state index in [1.807, 2.05) is 30.3 Å². The van der Waals surface area contributed by atoms with Crippen molar-refractivity contribution in [2.45, 2.75) is 16.4 Å². The molecule has 0 saturated heterocycles. The molecule has 0 spiro atoms. The summed E-state index contributed by atoms with van der Waals surface area (Å²) < 4.78 is 17.8. The normalized spacial score (nSPS) is 23.2. The number of hydrogen-bond donors (Lipinski definition) is 1. The van der Waals surface area contributed by atoms with E-state index in [-0.39, 0.29) is 0 Å². The van der Waals surface area contributed by atoms with E-state index in [4.69, 9.17) is 4.74 Å². The molecule has 1 unspecified atom stereocenters. The number of para-hydroxylation sites is 1. The SMILES string of the molecule is O=S1c2ccccc2O[C@H]1[C@@H](O)c1ccccc1. The minimum atomic E-state index is -1.34. The van der Waals surface area contributed by atoms with E-state index in [9.17, 15) is 9.32 Å². The van der Waals surface area contributed by atoms with Crippen molar-refractivity contribution in [3.05, 3.63) is 60.2 Å². The number of rotatable bonds is 2. The highest BCUT2D eigenvalue weighted by Crippen LogP contribution is 2.37. The van der Waals surface area contributed by atoms with E-state index < -0.39 is 22.3 Å². The molecule has 2 aromatic carbocycles. The maximum Gasteiger partial charge on any atom is 0.207 e. The predicted octanol–water partition coefficient (Wildman–Crippen LogP) is 2.25. The zero-order valence-corrected chi connectivity index (χ0v) is 10.3. The zero-order valence-electron chi connectivity index (χ0n) is 9.52. The van der Waals surface area contributed by atoms with Gasteiger partial charge in [-0.3, -0.25) is 4.21 Å². The van der Waals surface area contributed by atoms with Gasteiger partial charge in [0.25, 0.3) is 0 Å². The van der Waals surface area contributed by atoms with Crippen LogP contribution in [0.2, 0.25) is 0 Å². The largest absolute Gasteiger partial charge is 0.472 e. The lowest BCUT2D eigenvalue weighted by atomic mass is 10.1. The average Bonchev–Trinajstić information content (AvgIpc) is 2.77. The Morgan fingerprint density at radius 3 is 2.44 bits per heavy atom. The van der Waals surface area contributed by atoms with Crippen LogP contribution < -0.4 is 4.74 Å². The van der Waals surface area contributed by atoms with E-state index in [0.717, 1.165) is 0 Å². The molecule has 1 aliphatic rings. The summed E-state index contributed by atoms with van der Waals surface area (Å²) >= 11 is 0. The lowest BCUT2D eigenvalue weighted by Gasteiger charge is -2.17. The highest BCUT2D eigenvalue weighted by Gasteiger charge is 2.36. The Morgan fingerprint density at radius 1 is 1.06 bits per heavy atom. The Balaban J connectivity index is 1.91. The second-order valence-electron chi connectivity index (χ2n) is 4.09. The Kier molecular flexibility index (Phi) is 2.89. The molecule has 0 aromatic heterocycles. The summed E-state index contributed by atoms with van der Waals surface area (Å²) in [4.78, 5) is 0.650. The van der Waals surface area contributed by atoms with Crippen LogP contribution in [0.3, 0.4) is 0 Å².